The highest BCUT2D eigenvalue weighted by atomic mass is 16.3. The van der Waals surface area contributed by atoms with Gasteiger partial charge in [0, 0.05) is 12.6 Å². The number of hydrogen-bond acceptors (Lipinski definition) is 3. The average molecular weight is 222 g/mol. The van der Waals surface area contributed by atoms with Crippen LogP contribution in [0.4, 0.5) is 5.69 Å². The SMILES string of the molecule is CCCN(c1ccc(C(C)O)nc1)C(C)C. The summed E-state index contributed by atoms with van der Waals surface area (Å²) >= 11 is 0. The number of anilines is 1. The van der Waals surface area contributed by atoms with Gasteiger partial charge in [-0.2, -0.15) is 0 Å². The van der Waals surface area contributed by atoms with E-state index in [-0.39, 0.29) is 0 Å². The molecule has 0 bridgehead atoms. The molecule has 3 nitrogen and oxygen atoms in total. The van der Waals surface area contributed by atoms with Crippen LogP contribution in [0.3, 0.4) is 0 Å². The lowest BCUT2D eigenvalue weighted by molar-refractivity contribution is 0.194. The zero-order valence-electron chi connectivity index (χ0n) is 10.6. The first kappa shape index (κ1) is 13.0. The third-order valence-electron chi connectivity index (χ3n) is 2.62. The molecule has 0 aliphatic rings. The lowest BCUT2D eigenvalue weighted by Gasteiger charge is -2.28. The minimum Gasteiger partial charge on any atom is -0.387 e. The molecule has 0 amide bonds. The van der Waals surface area contributed by atoms with Crippen LogP contribution in [0.5, 0.6) is 0 Å². The van der Waals surface area contributed by atoms with Gasteiger partial charge in [0.15, 0.2) is 0 Å². The summed E-state index contributed by atoms with van der Waals surface area (Å²) in [7, 11) is 0. The molecule has 0 saturated heterocycles. The molecule has 1 atom stereocenters. The summed E-state index contributed by atoms with van der Waals surface area (Å²) in [5.41, 5.74) is 1.85. The summed E-state index contributed by atoms with van der Waals surface area (Å²) in [6.45, 7) is 9.30. The van der Waals surface area contributed by atoms with Crippen LogP contribution < -0.4 is 4.90 Å². The van der Waals surface area contributed by atoms with E-state index in [1.807, 2.05) is 18.3 Å². The number of rotatable bonds is 5. The topological polar surface area (TPSA) is 36.4 Å². The molecular weight excluding hydrogens is 200 g/mol. The third kappa shape index (κ3) is 3.20. The first-order valence-electron chi connectivity index (χ1n) is 5.97. The number of pyridine rings is 1. The standard InChI is InChI=1S/C13H22N2O/c1-5-8-15(10(2)3)12-6-7-13(11(4)16)14-9-12/h6-7,9-11,16H,5,8H2,1-4H3. The molecule has 3 heteroatoms. The minimum absolute atomic E-state index is 0.471. The van der Waals surface area contributed by atoms with Crippen molar-refractivity contribution in [1.82, 2.24) is 4.98 Å². The molecule has 1 N–H and O–H groups in total. The summed E-state index contributed by atoms with van der Waals surface area (Å²) in [5, 5.41) is 9.39. The van der Waals surface area contributed by atoms with Crippen molar-refractivity contribution >= 4 is 5.69 Å². The molecular formula is C13H22N2O. The van der Waals surface area contributed by atoms with E-state index < -0.39 is 6.10 Å². The fourth-order valence-corrected chi connectivity index (χ4v) is 1.74. The number of aliphatic hydroxyl groups excluding tert-OH is 1. The maximum atomic E-state index is 9.39. The number of aromatic nitrogens is 1. The molecule has 1 heterocycles. The maximum absolute atomic E-state index is 9.39. The van der Waals surface area contributed by atoms with Crippen LogP contribution in [-0.2, 0) is 0 Å². The third-order valence-corrected chi connectivity index (χ3v) is 2.62. The van der Waals surface area contributed by atoms with E-state index in [1.54, 1.807) is 6.92 Å². The van der Waals surface area contributed by atoms with Gasteiger partial charge in [0.25, 0.3) is 0 Å². The summed E-state index contributed by atoms with van der Waals surface area (Å²) in [4.78, 5) is 6.59. The molecule has 0 saturated carbocycles. The predicted octanol–water partition coefficient (Wildman–Crippen LogP) is 2.76. The summed E-state index contributed by atoms with van der Waals surface area (Å²) in [5.74, 6) is 0. The van der Waals surface area contributed by atoms with Gasteiger partial charge >= 0.3 is 0 Å². The number of aliphatic hydroxyl groups is 1. The Kier molecular flexibility index (Phi) is 4.74. The van der Waals surface area contributed by atoms with Crippen molar-refractivity contribution in [3.63, 3.8) is 0 Å². The van der Waals surface area contributed by atoms with Crippen LogP contribution in [0.25, 0.3) is 0 Å². The van der Waals surface area contributed by atoms with E-state index in [1.165, 1.54) is 0 Å². The van der Waals surface area contributed by atoms with Crippen molar-refractivity contribution in [3.8, 4) is 0 Å². The number of hydrogen-bond donors (Lipinski definition) is 1. The fraction of sp³-hybridized carbons (Fsp3) is 0.615. The van der Waals surface area contributed by atoms with E-state index in [0.29, 0.717) is 6.04 Å². The van der Waals surface area contributed by atoms with E-state index in [9.17, 15) is 5.11 Å². The average Bonchev–Trinajstić information content (AvgIpc) is 2.25. The Morgan fingerprint density at radius 1 is 1.31 bits per heavy atom. The summed E-state index contributed by atoms with van der Waals surface area (Å²) in [6, 6.07) is 4.40. The van der Waals surface area contributed by atoms with Crippen LogP contribution in [0, 0.1) is 0 Å². The van der Waals surface area contributed by atoms with Crippen molar-refractivity contribution in [3.05, 3.63) is 24.0 Å². The van der Waals surface area contributed by atoms with Crippen LogP contribution in [0.2, 0.25) is 0 Å². The second kappa shape index (κ2) is 5.85. The molecule has 0 spiro atoms. The Hall–Kier alpha value is -1.09. The van der Waals surface area contributed by atoms with E-state index in [2.05, 4.69) is 30.7 Å². The largest absolute Gasteiger partial charge is 0.387 e. The predicted molar refractivity (Wildman–Crippen MR) is 67.6 cm³/mol. The van der Waals surface area contributed by atoms with Crippen molar-refractivity contribution < 1.29 is 5.11 Å². The summed E-state index contributed by atoms with van der Waals surface area (Å²) in [6.07, 6.45) is 2.47. The minimum atomic E-state index is -0.493. The molecule has 0 aliphatic carbocycles. The van der Waals surface area contributed by atoms with Crippen LogP contribution in [-0.4, -0.2) is 22.7 Å². The van der Waals surface area contributed by atoms with Crippen LogP contribution in [0.15, 0.2) is 18.3 Å². The highest BCUT2D eigenvalue weighted by Gasteiger charge is 2.10. The molecule has 90 valence electrons. The second-order valence-electron chi connectivity index (χ2n) is 4.40. The zero-order valence-corrected chi connectivity index (χ0v) is 10.6. The van der Waals surface area contributed by atoms with Gasteiger partial charge < -0.3 is 10.0 Å². The first-order valence-corrected chi connectivity index (χ1v) is 5.97. The van der Waals surface area contributed by atoms with Crippen molar-refractivity contribution in [2.45, 2.75) is 46.3 Å². The van der Waals surface area contributed by atoms with Gasteiger partial charge in [-0.05, 0) is 39.3 Å². The smallest absolute Gasteiger partial charge is 0.0931 e. The maximum Gasteiger partial charge on any atom is 0.0931 e. The van der Waals surface area contributed by atoms with Crippen molar-refractivity contribution in [1.29, 1.82) is 0 Å². The van der Waals surface area contributed by atoms with Gasteiger partial charge in [-0.25, -0.2) is 0 Å². The van der Waals surface area contributed by atoms with Gasteiger partial charge in [0.1, 0.15) is 0 Å². The van der Waals surface area contributed by atoms with Gasteiger partial charge in [-0.1, -0.05) is 6.92 Å². The van der Waals surface area contributed by atoms with Gasteiger partial charge in [0.2, 0.25) is 0 Å². The molecule has 0 fully saturated rings. The second-order valence-corrected chi connectivity index (χ2v) is 4.40. The molecule has 0 aliphatic heterocycles. The Labute approximate surface area is 98.1 Å². The normalized spacial score (nSPS) is 12.9. The molecule has 16 heavy (non-hydrogen) atoms. The van der Waals surface area contributed by atoms with Gasteiger partial charge in [-0.3, -0.25) is 4.98 Å². The molecule has 1 aromatic rings. The molecule has 1 unspecified atom stereocenters. The zero-order chi connectivity index (χ0) is 12.1. The Morgan fingerprint density at radius 2 is 2.00 bits per heavy atom. The summed E-state index contributed by atoms with van der Waals surface area (Å²) < 4.78 is 0. The Bertz CT molecular complexity index is 306. The van der Waals surface area contributed by atoms with E-state index in [0.717, 1.165) is 24.3 Å². The monoisotopic (exact) mass is 222 g/mol. The highest BCUT2D eigenvalue weighted by molar-refractivity contribution is 5.45. The van der Waals surface area contributed by atoms with Gasteiger partial charge in [-0.15, -0.1) is 0 Å². The molecule has 1 aromatic heterocycles. The first-order chi connectivity index (χ1) is 7.56. The van der Waals surface area contributed by atoms with E-state index >= 15 is 0 Å². The van der Waals surface area contributed by atoms with E-state index in [4.69, 9.17) is 0 Å². The quantitative estimate of drug-likeness (QED) is 0.832. The Morgan fingerprint density at radius 3 is 2.38 bits per heavy atom. The highest BCUT2D eigenvalue weighted by Crippen LogP contribution is 2.18. The molecule has 1 rings (SSSR count). The Balaban J connectivity index is 2.85. The van der Waals surface area contributed by atoms with Crippen molar-refractivity contribution in [2.75, 3.05) is 11.4 Å². The lowest BCUT2D eigenvalue weighted by Crippen LogP contribution is -2.31. The molecule has 0 radical (unpaired) electrons. The fourth-order valence-electron chi connectivity index (χ4n) is 1.74. The molecule has 0 aromatic carbocycles. The van der Waals surface area contributed by atoms with Crippen LogP contribution in [0.1, 0.15) is 45.9 Å². The lowest BCUT2D eigenvalue weighted by atomic mass is 10.2. The van der Waals surface area contributed by atoms with Gasteiger partial charge in [0.05, 0.1) is 23.7 Å². The number of nitrogens with zero attached hydrogens (tertiary/aromatic N) is 2. The van der Waals surface area contributed by atoms with Crippen LogP contribution >= 0.6 is 0 Å². The van der Waals surface area contributed by atoms with Crippen molar-refractivity contribution in [2.24, 2.45) is 0 Å².